The number of esters is 1. The zero-order valence-electron chi connectivity index (χ0n) is 11.3. The van der Waals surface area contributed by atoms with Gasteiger partial charge in [-0.15, -0.1) is 0 Å². The summed E-state index contributed by atoms with van der Waals surface area (Å²) in [6, 6.07) is 5.64. The summed E-state index contributed by atoms with van der Waals surface area (Å²) in [5.41, 5.74) is 7.56. The van der Waals surface area contributed by atoms with E-state index < -0.39 is 5.72 Å². The Bertz CT molecular complexity index is 490. The van der Waals surface area contributed by atoms with Crippen LogP contribution in [0.5, 0.6) is 0 Å². The summed E-state index contributed by atoms with van der Waals surface area (Å²) in [4.78, 5) is 13.0. The van der Waals surface area contributed by atoms with Crippen molar-refractivity contribution in [3.63, 3.8) is 0 Å². The van der Waals surface area contributed by atoms with Crippen molar-refractivity contribution >= 4 is 17.3 Å². The van der Waals surface area contributed by atoms with Gasteiger partial charge in [0, 0.05) is 31.3 Å². The van der Waals surface area contributed by atoms with E-state index in [2.05, 4.69) is 4.74 Å². The van der Waals surface area contributed by atoms with E-state index in [1.807, 2.05) is 30.1 Å². The summed E-state index contributed by atoms with van der Waals surface area (Å²) in [6.45, 7) is 0. The van der Waals surface area contributed by atoms with E-state index in [1.165, 1.54) is 7.11 Å². The predicted molar refractivity (Wildman–Crippen MR) is 73.8 cm³/mol. The molecule has 0 amide bonds. The molecule has 0 fully saturated rings. The number of likely N-dealkylation sites (N-methyl/N-ethyl adjacent to an activating group) is 1. The molecule has 0 aromatic heterocycles. The number of methoxy groups -OCH3 is 1. The minimum Gasteiger partial charge on any atom is -0.469 e. The fourth-order valence-electron chi connectivity index (χ4n) is 2.60. The molecule has 104 valence electrons. The number of benzene rings is 1. The van der Waals surface area contributed by atoms with Crippen LogP contribution in [0.2, 0.25) is 0 Å². The minimum absolute atomic E-state index is 0.244. The Morgan fingerprint density at radius 1 is 1.58 bits per heavy atom. The number of hydrogen-bond acceptors (Lipinski definition) is 5. The maximum atomic E-state index is 11.1. The molecule has 1 aromatic carbocycles. The molecule has 1 aliphatic heterocycles. The van der Waals surface area contributed by atoms with Crippen LogP contribution in [0, 0.1) is 0 Å². The third-order valence-electron chi connectivity index (χ3n) is 3.75. The Morgan fingerprint density at radius 2 is 2.32 bits per heavy atom. The molecule has 5 heteroatoms. The number of carbonyl (C=O) groups is 1. The van der Waals surface area contributed by atoms with Gasteiger partial charge in [-0.3, -0.25) is 4.79 Å². The van der Waals surface area contributed by atoms with Crippen LogP contribution in [-0.2, 0) is 16.0 Å². The number of anilines is 2. The van der Waals surface area contributed by atoms with E-state index >= 15 is 0 Å². The number of hydrogen-bond donors (Lipinski definition) is 2. The maximum absolute atomic E-state index is 11.1. The van der Waals surface area contributed by atoms with Crippen LogP contribution in [0.3, 0.4) is 0 Å². The Kier molecular flexibility index (Phi) is 3.66. The summed E-state index contributed by atoms with van der Waals surface area (Å²) < 4.78 is 4.60. The summed E-state index contributed by atoms with van der Waals surface area (Å²) in [5, 5.41) is 10.7. The zero-order valence-corrected chi connectivity index (χ0v) is 11.3. The highest BCUT2D eigenvalue weighted by molar-refractivity contribution is 5.69. The van der Waals surface area contributed by atoms with Crippen molar-refractivity contribution in [2.75, 3.05) is 24.8 Å². The molecule has 1 aliphatic rings. The van der Waals surface area contributed by atoms with Crippen LogP contribution in [0.25, 0.3) is 0 Å². The number of ether oxygens (including phenoxy) is 1. The summed E-state index contributed by atoms with van der Waals surface area (Å²) in [6.07, 6.45) is 1.97. The normalized spacial score (nSPS) is 21.3. The van der Waals surface area contributed by atoms with E-state index in [-0.39, 0.29) is 5.97 Å². The van der Waals surface area contributed by atoms with Crippen LogP contribution >= 0.6 is 0 Å². The molecular formula is C14H20N2O3. The molecule has 0 aliphatic carbocycles. The van der Waals surface area contributed by atoms with Crippen LogP contribution in [0.4, 0.5) is 11.4 Å². The summed E-state index contributed by atoms with van der Waals surface area (Å²) in [7, 11) is 3.23. The van der Waals surface area contributed by atoms with Gasteiger partial charge in [0.1, 0.15) is 5.72 Å². The first-order valence-corrected chi connectivity index (χ1v) is 6.38. The first-order chi connectivity index (χ1) is 8.96. The molecular weight excluding hydrogens is 244 g/mol. The smallest absolute Gasteiger partial charge is 0.305 e. The first kappa shape index (κ1) is 13.7. The van der Waals surface area contributed by atoms with Gasteiger partial charge >= 0.3 is 5.97 Å². The van der Waals surface area contributed by atoms with Gasteiger partial charge in [-0.2, -0.15) is 0 Å². The lowest BCUT2D eigenvalue weighted by Gasteiger charge is -2.32. The molecule has 1 heterocycles. The van der Waals surface area contributed by atoms with Gasteiger partial charge in [0.25, 0.3) is 0 Å². The standard InChI is InChI=1S/C14H20N2O3/c1-16-12-6-5-11(15)8-10(12)9-14(16,18)7-3-4-13(17)19-2/h5-6,8,18H,3-4,7,9,15H2,1-2H3. The van der Waals surface area contributed by atoms with Gasteiger partial charge < -0.3 is 20.5 Å². The third-order valence-corrected chi connectivity index (χ3v) is 3.75. The summed E-state index contributed by atoms with van der Waals surface area (Å²) in [5.74, 6) is -0.244. The highest BCUT2D eigenvalue weighted by Gasteiger charge is 2.39. The lowest BCUT2D eigenvalue weighted by atomic mass is 10.0. The highest BCUT2D eigenvalue weighted by Crippen LogP contribution is 2.39. The van der Waals surface area contributed by atoms with Gasteiger partial charge in [-0.1, -0.05) is 0 Å². The van der Waals surface area contributed by atoms with E-state index in [0.717, 1.165) is 11.3 Å². The van der Waals surface area contributed by atoms with Crippen molar-refractivity contribution < 1.29 is 14.6 Å². The Labute approximate surface area is 113 Å². The average Bonchev–Trinajstić information content (AvgIpc) is 2.61. The number of carbonyl (C=O) groups excluding carboxylic acids is 1. The predicted octanol–water partition coefficient (Wildman–Crippen LogP) is 1.29. The third kappa shape index (κ3) is 2.66. The maximum Gasteiger partial charge on any atom is 0.305 e. The van der Waals surface area contributed by atoms with E-state index in [9.17, 15) is 9.90 Å². The Hall–Kier alpha value is -1.75. The number of rotatable bonds is 4. The molecule has 0 bridgehead atoms. The molecule has 19 heavy (non-hydrogen) atoms. The molecule has 3 N–H and O–H groups in total. The zero-order chi connectivity index (χ0) is 14.0. The number of aliphatic hydroxyl groups is 1. The van der Waals surface area contributed by atoms with Crippen molar-refractivity contribution in [1.29, 1.82) is 0 Å². The second-order valence-electron chi connectivity index (χ2n) is 5.04. The van der Waals surface area contributed by atoms with E-state index in [0.29, 0.717) is 31.4 Å². The fraction of sp³-hybridized carbons (Fsp3) is 0.500. The highest BCUT2D eigenvalue weighted by atomic mass is 16.5. The number of nitrogen functional groups attached to an aromatic ring is 1. The van der Waals surface area contributed by atoms with Crippen molar-refractivity contribution in [1.82, 2.24) is 0 Å². The van der Waals surface area contributed by atoms with Crippen LogP contribution in [0.1, 0.15) is 24.8 Å². The van der Waals surface area contributed by atoms with Crippen molar-refractivity contribution in [3.05, 3.63) is 23.8 Å². The minimum atomic E-state index is -0.940. The second kappa shape index (κ2) is 5.09. The van der Waals surface area contributed by atoms with Gasteiger partial charge in [-0.05, 0) is 36.6 Å². The van der Waals surface area contributed by atoms with Crippen LogP contribution in [-0.4, -0.2) is 31.0 Å². The Balaban J connectivity index is 2.04. The number of nitrogens with zero attached hydrogens (tertiary/aromatic N) is 1. The topological polar surface area (TPSA) is 75.8 Å². The van der Waals surface area contributed by atoms with Gasteiger partial charge in [0.15, 0.2) is 0 Å². The fourth-order valence-corrected chi connectivity index (χ4v) is 2.60. The summed E-state index contributed by atoms with van der Waals surface area (Å²) >= 11 is 0. The SMILES string of the molecule is COC(=O)CCCC1(O)Cc2cc(N)ccc2N1C. The number of fused-ring (bicyclic) bond motifs is 1. The molecule has 5 nitrogen and oxygen atoms in total. The average molecular weight is 264 g/mol. The Morgan fingerprint density at radius 3 is 3.00 bits per heavy atom. The quantitative estimate of drug-likeness (QED) is 0.633. The van der Waals surface area contributed by atoms with Crippen molar-refractivity contribution in [3.8, 4) is 0 Å². The largest absolute Gasteiger partial charge is 0.469 e. The van der Waals surface area contributed by atoms with E-state index in [1.54, 1.807) is 0 Å². The molecule has 1 atom stereocenters. The molecule has 1 unspecified atom stereocenters. The van der Waals surface area contributed by atoms with Crippen molar-refractivity contribution in [2.24, 2.45) is 0 Å². The first-order valence-electron chi connectivity index (χ1n) is 6.38. The van der Waals surface area contributed by atoms with Gasteiger partial charge in [0.2, 0.25) is 0 Å². The molecule has 1 aromatic rings. The molecule has 0 spiro atoms. The monoisotopic (exact) mass is 264 g/mol. The lowest BCUT2D eigenvalue weighted by Crippen LogP contribution is -2.44. The molecule has 0 saturated heterocycles. The van der Waals surface area contributed by atoms with Crippen molar-refractivity contribution in [2.45, 2.75) is 31.4 Å². The lowest BCUT2D eigenvalue weighted by molar-refractivity contribution is -0.140. The molecule has 0 radical (unpaired) electrons. The number of nitrogens with two attached hydrogens (primary N) is 1. The van der Waals surface area contributed by atoms with Crippen LogP contribution < -0.4 is 10.6 Å². The molecule has 2 rings (SSSR count). The molecule has 0 saturated carbocycles. The van der Waals surface area contributed by atoms with Gasteiger partial charge in [-0.25, -0.2) is 0 Å². The van der Waals surface area contributed by atoms with Crippen LogP contribution in [0.15, 0.2) is 18.2 Å². The van der Waals surface area contributed by atoms with Gasteiger partial charge in [0.05, 0.1) is 7.11 Å². The second-order valence-corrected chi connectivity index (χ2v) is 5.04. The van der Waals surface area contributed by atoms with E-state index in [4.69, 9.17) is 5.73 Å².